The SMILES string of the molecule is C=C[CH](O)[Y]. The van der Waals surface area contributed by atoms with Crippen LogP contribution in [-0.2, 0) is 31.0 Å². The van der Waals surface area contributed by atoms with E-state index in [1.165, 1.54) is 6.08 Å². The van der Waals surface area contributed by atoms with E-state index in [1.807, 2.05) is 0 Å². The van der Waals surface area contributed by atoms with Gasteiger partial charge < -0.3 is 0 Å². The first-order valence-corrected chi connectivity index (χ1v) is 2.97. The minimum atomic E-state index is -0.222. The van der Waals surface area contributed by atoms with E-state index in [-0.39, 0.29) is 2.91 Å². The summed E-state index contributed by atoms with van der Waals surface area (Å²) < 4.78 is -0.222. The van der Waals surface area contributed by atoms with Gasteiger partial charge in [0.05, 0.1) is 0 Å². The number of rotatable bonds is 1. The molecule has 26 valence electrons. The zero-order valence-electron chi connectivity index (χ0n) is 2.89. The summed E-state index contributed by atoms with van der Waals surface area (Å²) in [5, 5.41) is 8.30. The third-order valence-electron chi connectivity index (χ3n) is 0.241. The van der Waals surface area contributed by atoms with Crippen LogP contribution in [-0.4, -0.2) is 8.02 Å². The molecule has 0 saturated heterocycles. The van der Waals surface area contributed by atoms with Gasteiger partial charge in [-0.1, -0.05) is 0 Å². The first-order valence-electron chi connectivity index (χ1n) is 1.33. The molecule has 1 N–H and O–H groups in total. The summed E-state index contributed by atoms with van der Waals surface area (Å²) >= 11 is 0.862. The predicted molar refractivity (Wildman–Crippen MR) is 16.2 cm³/mol. The van der Waals surface area contributed by atoms with Gasteiger partial charge in [-0.05, 0) is 0 Å². The topological polar surface area (TPSA) is 20.2 Å². The Morgan fingerprint density at radius 1 is 2.00 bits per heavy atom. The molecule has 0 saturated carbocycles. The van der Waals surface area contributed by atoms with Crippen molar-refractivity contribution >= 4 is 0 Å². The second-order valence-electron chi connectivity index (χ2n) is 0.726. The molecule has 0 spiro atoms. The molecule has 0 amide bonds. The van der Waals surface area contributed by atoms with Gasteiger partial charge in [-0.2, -0.15) is 0 Å². The van der Waals surface area contributed by atoms with E-state index in [2.05, 4.69) is 6.58 Å². The van der Waals surface area contributed by atoms with Crippen molar-refractivity contribution in [2.24, 2.45) is 0 Å². The second-order valence-corrected chi connectivity index (χ2v) is 2.41. The molecule has 0 heterocycles. The third-order valence-corrected chi connectivity index (χ3v) is 0.910. The standard InChI is InChI=1S/C3H5O.Y/c1-2-3-4;/h2-4H,1H2;. The number of hydrogen-bond acceptors (Lipinski definition) is 1. The molecule has 0 fully saturated rings. The van der Waals surface area contributed by atoms with Crippen LogP contribution in [0, 0.1) is 0 Å². The van der Waals surface area contributed by atoms with Crippen molar-refractivity contribution < 1.29 is 36.1 Å². The van der Waals surface area contributed by atoms with Crippen LogP contribution in [0.5, 0.6) is 0 Å². The summed E-state index contributed by atoms with van der Waals surface area (Å²) in [7, 11) is 0. The fourth-order valence-electron chi connectivity index (χ4n) is 0. The van der Waals surface area contributed by atoms with Crippen molar-refractivity contribution in [1.82, 2.24) is 0 Å². The van der Waals surface area contributed by atoms with Crippen LogP contribution in [0.4, 0.5) is 0 Å². The fourth-order valence-corrected chi connectivity index (χ4v) is 0. The van der Waals surface area contributed by atoms with Gasteiger partial charge in [-0.15, -0.1) is 0 Å². The van der Waals surface area contributed by atoms with Gasteiger partial charge in [0.25, 0.3) is 0 Å². The minimum absolute atomic E-state index is 0.222. The van der Waals surface area contributed by atoms with Crippen LogP contribution in [0.2, 0.25) is 0 Å². The molecule has 0 aromatic rings. The van der Waals surface area contributed by atoms with Crippen LogP contribution in [0.1, 0.15) is 0 Å². The fraction of sp³-hybridized carbons (Fsp3) is 0.333. The van der Waals surface area contributed by atoms with E-state index in [9.17, 15) is 0 Å². The molecule has 0 aromatic heterocycles. The van der Waals surface area contributed by atoms with Crippen molar-refractivity contribution in [1.29, 1.82) is 0 Å². The number of aliphatic hydroxyl groups is 1. The summed E-state index contributed by atoms with van der Waals surface area (Å²) in [4.78, 5) is 0. The predicted octanol–water partition coefficient (Wildman–Crippen LogP) is 0.0376. The molecule has 5 heavy (non-hydrogen) atoms. The summed E-state index contributed by atoms with van der Waals surface area (Å²) in [5.74, 6) is 0. The van der Waals surface area contributed by atoms with Gasteiger partial charge in [0, 0.05) is 0 Å². The number of hydrogen-bond donors (Lipinski definition) is 1. The van der Waals surface area contributed by atoms with Gasteiger partial charge in [-0.3, -0.25) is 0 Å². The maximum atomic E-state index is 8.30. The zero-order valence-corrected chi connectivity index (χ0v) is 5.72. The Labute approximate surface area is 51.5 Å². The Kier molecular flexibility index (Phi) is 3.50. The van der Waals surface area contributed by atoms with E-state index >= 15 is 0 Å². The molecular weight excluding hydrogens is 141 g/mol. The van der Waals surface area contributed by atoms with Gasteiger partial charge in [-0.25, -0.2) is 0 Å². The first-order chi connectivity index (χ1) is 2.27. The summed E-state index contributed by atoms with van der Waals surface area (Å²) in [6, 6.07) is 0. The van der Waals surface area contributed by atoms with Crippen LogP contribution in [0.15, 0.2) is 12.7 Å². The van der Waals surface area contributed by atoms with Crippen LogP contribution >= 0.6 is 0 Å². The van der Waals surface area contributed by atoms with Crippen LogP contribution in [0.3, 0.4) is 0 Å². The van der Waals surface area contributed by atoms with E-state index in [1.54, 1.807) is 0 Å². The molecule has 0 aromatic carbocycles. The third kappa shape index (κ3) is 4.80. The Bertz CT molecular complexity index is 33.9. The van der Waals surface area contributed by atoms with Crippen molar-refractivity contribution in [3.8, 4) is 0 Å². The molecule has 0 aliphatic heterocycles. The summed E-state index contributed by atoms with van der Waals surface area (Å²) in [5.41, 5.74) is 0. The Hall–Kier alpha value is 0.804. The van der Waals surface area contributed by atoms with Gasteiger partial charge in [0.1, 0.15) is 0 Å². The molecule has 1 atom stereocenters. The molecule has 0 rings (SSSR count). The zero-order chi connectivity index (χ0) is 4.28. The monoisotopic (exact) mass is 146 g/mol. The van der Waals surface area contributed by atoms with Crippen LogP contribution in [0.25, 0.3) is 0 Å². The van der Waals surface area contributed by atoms with Crippen molar-refractivity contribution in [3.63, 3.8) is 0 Å². The molecule has 0 aliphatic carbocycles. The van der Waals surface area contributed by atoms with Gasteiger partial charge in [0.2, 0.25) is 0 Å². The van der Waals surface area contributed by atoms with Gasteiger partial charge >= 0.3 is 51.6 Å². The van der Waals surface area contributed by atoms with E-state index in [0.717, 1.165) is 31.0 Å². The average Bonchev–Trinajstić information content (AvgIpc) is 1.38. The number of aliphatic hydroxyl groups excluding tert-OH is 1. The normalized spacial score (nSPS) is 13.6. The molecule has 0 bridgehead atoms. The quantitative estimate of drug-likeness (QED) is 0.517. The van der Waals surface area contributed by atoms with E-state index < -0.39 is 0 Å². The van der Waals surface area contributed by atoms with Crippen molar-refractivity contribution in [2.75, 3.05) is 0 Å². The Morgan fingerprint density at radius 2 is 2.20 bits per heavy atom. The maximum absolute atomic E-state index is 8.30. The first kappa shape index (κ1) is 5.80. The molecular formula is C3H5OY. The van der Waals surface area contributed by atoms with Crippen LogP contribution < -0.4 is 0 Å². The molecule has 0 aliphatic rings. The molecule has 1 unspecified atom stereocenters. The van der Waals surface area contributed by atoms with E-state index in [4.69, 9.17) is 5.11 Å². The molecule has 0 radical (unpaired) electrons. The second kappa shape index (κ2) is 3.01. The van der Waals surface area contributed by atoms with Crippen molar-refractivity contribution in [2.45, 2.75) is 2.91 Å². The van der Waals surface area contributed by atoms with E-state index in [0.29, 0.717) is 0 Å². The average molecular weight is 146 g/mol. The van der Waals surface area contributed by atoms with Gasteiger partial charge in [0.15, 0.2) is 0 Å². The molecule has 1 nitrogen and oxygen atoms in total. The van der Waals surface area contributed by atoms with Crippen molar-refractivity contribution in [3.05, 3.63) is 12.7 Å². The summed E-state index contributed by atoms with van der Waals surface area (Å²) in [6.45, 7) is 3.34. The summed E-state index contributed by atoms with van der Waals surface area (Å²) in [6.07, 6.45) is 1.53. The Balaban J connectivity index is 2.83. The Morgan fingerprint density at radius 3 is 2.20 bits per heavy atom. The molecule has 2 heteroatoms.